The standard InChI is InChI=1S/C19H19N3O6/c1-14(2)19(23)28-11-10-20(13-15-6-4-3-5-7-15)17-9-8-16(21(24)25)12-18(17)22(26)27/h3-9,12H,1,10-11,13H2,2H3. The number of hydrogen-bond acceptors (Lipinski definition) is 7. The minimum Gasteiger partial charge on any atom is -0.460 e. The highest BCUT2D eigenvalue weighted by molar-refractivity contribution is 5.86. The van der Waals surface area contributed by atoms with Crippen LogP contribution in [0.15, 0.2) is 60.7 Å². The molecule has 2 aromatic carbocycles. The largest absolute Gasteiger partial charge is 0.460 e. The van der Waals surface area contributed by atoms with Gasteiger partial charge >= 0.3 is 5.97 Å². The fourth-order valence-corrected chi connectivity index (χ4v) is 2.50. The van der Waals surface area contributed by atoms with Gasteiger partial charge in [0.1, 0.15) is 12.3 Å². The quantitative estimate of drug-likeness (QED) is 0.280. The van der Waals surface area contributed by atoms with Crippen LogP contribution in [0.5, 0.6) is 0 Å². The number of esters is 1. The second-order valence-corrected chi connectivity index (χ2v) is 6.01. The maximum Gasteiger partial charge on any atom is 0.333 e. The molecule has 0 unspecified atom stereocenters. The van der Waals surface area contributed by atoms with E-state index in [9.17, 15) is 25.0 Å². The normalized spacial score (nSPS) is 10.2. The van der Waals surface area contributed by atoms with Crippen LogP contribution in [0.1, 0.15) is 12.5 Å². The van der Waals surface area contributed by atoms with Gasteiger partial charge in [0.15, 0.2) is 0 Å². The van der Waals surface area contributed by atoms with Crippen LogP contribution in [0.25, 0.3) is 0 Å². The molecular weight excluding hydrogens is 366 g/mol. The Morgan fingerprint density at radius 2 is 1.79 bits per heavy atom. The van der Waals surface area contributed by atoms with Crippen LogP contribution in [0, 0.1) is 20.2 Å². The molecule has 0 N–H and O–H groups in total. The lowest BCUT2D eigenvalue weighted by Gasteiger charge is -2.24. The second kappa shape index (κ2) is 9.26. The van der Waals surface area contributed by atoms with Crippen molar-refractivity contribution in [3.8, 4) is 0 Å². The van der Waals surface area contributed by atoms with Gasteiger partial charge in [-0.25, -0.2) is 4.79 Å². The summed E-state index contributed by atoms with van der Waals surface area (Å²) < 4.78 is 5.10. The van der Waals surface area contributed by atoms with E-state index in [1.807, 2.05) is 30.3 Å². The zero-order chi connectivity index (χ0) is 20.7. The zero-order valence-electron chi connectivity index (χ0n) is 15.2. The molecule has 0 spiro atoms. The molecule has 0 amide bonds. The number of nitro groups is 2. The molecule has 28 heavy (non-hydrogen) atoms. The Kier molecular flexibility index (Phi) is 6.80. The first kappa shape index (κ1) is 20.6. The highest BCUT2D eigenvalue weighted by Gasteiger charge is 2.24. The Morgan fingerprint density at radius 3 is 2.36 bits per heavy atom. The first-order chi connectivity index (χ1) is 13.3. The number of carbonyl (C=O) groups excluding carboxylic acids is 1. The maximum atomic E-state index is 11.6. The van der Waals surface area contributed by atoms with Crippen molar-refractivity contribution in [1.29, 1.82) is 0 Å². The van der Waals surface area contributed by atoms with Crippen molar-refractivity contribution in [2.24, 2.45) is 0 Å². The topological polar surface area (TPSA) is 116 Å². The Balaban J connectivity index is 2.34. The Morgan fingerprint density at radius 1 is 1.11 bits per heavy atom. The number of anilines is 1. The van der Waals surface area contributed by atoms with Crippen LogP contribution in [0.2, 0.25) is 0 Å². The fourth-order valence-electron chi connectivity index (χ4n) is 2.50. The lowest BCUT2D eigenvalue weighted by molar-refractivity contribution is -0.393. The van der Waals surface area contributed by atoms with Gasteiger partial charge in [0.25, 0.3) is 11.4 Å². The number of rotatable bonds is 9. The molecule has 9 nitrogen and oxygen atoms in total. The van der Waals surface area contributed by atoms with Gasteiger partial charge in [-0.1, -0.05) is 36.9 Å². The highest BCUT2D eigenvalue weighted by atomic mass is 16.6. The van der Waals surface area contributed by atoms with Crippen LogP contribution in [0.4, 0.5) is 17.1 Å². The minimum atomic E-state index is -0.688. The number of carbonyl (C=O) groups is 1. The van der Waals surface area contributed by atoms with Crippen LogP contribution in [-0.4, -0.2) is 29.0 Å². The molecule has 0 atom stereocenters. The van der Waals surface area contributed by atoms with Crippen molar-refractivity contribution in [3.05, 3.63) is 86.5 Å². The summed E-state index contributed by atoms with van der Waals surface area (Å²) >= 11 is 0. The average molecular weight is 385 g/mol. The summed E-state index contributed by atoms with van der Waals surface area (Å²) in [4.78, 5) is 34.3. The Hall–Kier alpha value is -3.75. The van der Waals surface area contributed by atoms with Crippen molar-refractivity contribution in [3.63, 3.8) is 0 Å². The van der Waals surface area contributed by atoms with E-state index >= 15 is 0 Å². The van der Waals surface area contributed by atoms with Gasteiger partial charge in [0.2, 0.25) is 0 Å². The van der Waals surface area contributed by atoms with Crippen LogP contribution in [0.3, 0.4) is 0 Å². The third-order valence-electron chi connectivity index (χ3n) is 3.87. The van der Waals surface area contributed by atoms with Gasteiger partial charge in [0, 0.05) is 18.2 Å². The van der Waals surface area contributed by atoms with E-state index in [0.717, 1.165) is 11.6 Å². The monoisotopic (exact) mass is 385 g/mol. The van der Waals surface area contributed by atoms with Gasteiger partial charge < -0.3 is 9.64 Å². The summed E-state index contributed by atoms with van der Waals surface area (Å²) in [6.45, 7) is 5.45. The lowest BCUT2D eigenvalue weighted by Crippen LogP contribution is -2.28. The zero-order valence-corrected chi connectivity index (χ0v) is 15.2. The molecule has 0 fully saturated rings. The number of nitro benzene ring substituents is 2. The van der Waals surface area contributed by atoms with Crippen molar-refractivity contribution in [2.45, 2.75) is 13.5 Å². The molecule has 0 aromatic heterocycles. The molecule has 0 saturated heterocycles. The fraction of sp³-hybridized carbons (Fsp3) is 0.211. The molecule has 2 rings (SSSR count). The first-order valence-electron chi connectivity index (χ1n) is 8.34. The average Bonchev–Trinajstić information content (AvgIpc) is 2.67. The van der Waals surface area contributed by atoms with Crippen molar-refractivity contribution in [1.82, 2.24) is 0 Å². The van der Waals surface area contributed by atoms with E-state index in [1.165, 1.54) is 19.1 Å². The summed E-state index contributed by atoms with van der Waals surface area (Å²) in [5, 5.41) is 22.4. The van der Waals surface area contributed by atoms with E-state index in [4.69, 9.17) is 4.74 Å². The molecule has 0 saturated carbocycles. The first-order valence-corrected chi connectivity index (χ1v) is 8.34. The molecule has 0 aliphatic rings. The van der Waals surface area contributed by atoms with Crippen LogP contribution in [-0.2, 0) is 16.1 Å². The van der Waals surface area contributed by atoms with Crippen molar-refractivity contribution >= 4 is 23.0 Å². The van der Waals surface area contributed by atoms with E-state index in [-0.39, 0.29) is 30.1 Å². The minimum absolute atomic E-state index is 0.0212. The molecule has 0 radical (unpaired) electrons. The van der Waals surface area contributed by atoms with Crippen LogP contribution >= 0.6 is 0 Å². The van der Waals surface area contributed by atoms with E-state index in [0.29, 0.717) is 6.54 Å². The lowest BCUT2D eigenvalue weighted by atomic mass is 10.1. The SMILES string of the molecule is C=C(C)C(=O)OCCN(Cc1ccccc1)c1ccc([N+](=O)[O-])cc1[N+](=O)[O-]. The third kappa shape index (κ3) is 5.37. The Labute approximate surface area is 161 Å². The van der Waals surface area contributed by atoms with Gasteiger partial charge in [-0.3, -0.25) is 20.2 Å². The van der Waals surface area contributed by atoms with Crippen molar-refractivity contribution < 1.29 is 19.4 Å². The van der Waals surface area contributed by atoms with Gasteiger partial charge in [-0.05, 0) is 18.6 Å². The summed E-state index contributed by atoms with van der Waals surface area (Å²) in [6.07, 6.45) is 0. The smallest absolute Gasteiger partial charge is 0.333 e. The maximum absolute atomic E-state index is 11.6. The predicted molar refractivity (Wildman–Crippen MR) is 103 cm³/mol. The molecule has 0 heterocycles. The van der Waals surface area contributed by atoms with E-state index in [2.05, 4.69) is 6.58 Å². The number of non-ortho nitro benzene ring substituents is 1. The number of ether oxygens (including phenoxy) is 1. The molecule has 2 aromatic rings. The van der Waals surface area contributed by atoms with E-state index < -0.39 is 21.5 Å². The van der Waals surface area contributed by atoms with Crippen molar-refractivity contribution in [2.75, 3.05) is 18.1 Å². The third-order valence-corrected chi connectivity index (χ3v) is 3.87. The summed E-state index contributed by atoms with van der Waals surface area (Å²) in [7, 11) is 0. The summed E-state index contributed by atoms with van der Waals surface area (Å²) in [5.41, 5.74) is 0.559. The molecule has 0 aliphatic heterocycles. The van der Waals surface area contributed by atoms with Crippen LogP contribution < -0.4 is 4.90 Å². The van der Waals surface area contributed by atoms with Gasteiger partial charge in [-0.15, -0.1) is 0 Å². The van der Waals surface area contributed by atoms with Gasteiger partial charge in [0.05, 0.1) is 22.5 Å². The second-order valence-electron chi connectivity index (χ2n) is 6.01. The molecular formula is C19H19N3O6. The highest BCUT2D eigenvalue weighted by Crippen LogP contribution is 2.32. The molecule has 9 heteroatoms. The van der Waals surface area contributed by atoms with E-state index in [1.54, 1.807) is 4.90 Å². The molecule has 0 bridgehead atoms. The molecule has 0 aliphatic carbocycles. The molecule has 146 valence electrons. The van der Waals surface area contributed by atoms with Gasteiger partial charge in [-0.2, -0.15) is 0 Å². The predicted octanol–water partition coefficient (Wildman–Crippen LogP) is 3.63. The number of benzene rings is 2. The summed E-state index contributed by atoms with van der Waals surface area (Å²) in [5.74, 6) is -0.558. The number of nitrogens with zero attached hydrogens (tertiary/aromatic N) is 3. The number of hydrogen-bond donors (Lipinski definition) is 0. The summed E-state index contributed by atoms with van der Waals surface area (Å²) in [6, 6.07) is 12.7. The Bertz CT molecular complexity index is 898.